The number of ketones is 1. The predicted molar refractivity (Wildman–Crippen MR) is 130 cm³/mol. The number of Topliss-reactive ketones (excluding diaryl/α,β-unsaturated/α-hetero) is 1. The van der Waals surface area contributed by atoms with Gasteiger partial charge >= 0.3 is 0 Å². The highest BCUT2D eigenvalue weighted by Crippen LogP contribution is 2.40. The minimum absolute atomic E-state index is 0.145. The number of hydrogen-bond donors (Lipinski definition) is 0. The topological polar surface area (TPSA) is 63.2 Å². The third-order valence-corrected chi connectivity index (χ3v) is 6.12. The Balaban J connectivity index is 1.36. The molecule has 0 atom stereocenters. The van der Waals surface area contributed by atoms with Crippen LogP contribution in [0.15, 0.2) is 58.8 Å². The Labute approximate surface area is 206 Å². The number of ether oxygens (including phenoxy) is 5. The van der Waals surface area contributed by atoms with Crippen molar-refractivity contribution in [3.05, 3.63) is 86.6 Å². The van der Waals surface area contributed by atoms with Crippen LogP contribution in [0.3, 0.4) is 0 Å². The quantitative estimate of drug-likeness (QED) is 0.358. The third-order valence-electron chi connectivity index (χ3n) is 5.66. The van der Waals surface area contributed by atoms with Gasteiger partial charge < -0.3 is 23.7 Å². The van der Waals surface area contributed by atoms with Gasteiger partial charge in [-0.05, 0) is 61.9 Å². The van der Waals surface area contributed by atoms with E-state index in [1.807, 2.05) is 56.3 Å². The second-order valence-corrected chi connectivity index (χ2v) is 8.88. The van der Waals surface area contributed by atoms with Crippen LogP contribution in [-0.4, -0.2) is 19.2 Å². The summed E-state index contributed by atoms with van der Waals surface area (Å²) in [5.41, 5.74) is 4.05. The SMILES string of the molecule is CCOc1ccc(/C=C2\Oc3c(ccc(OCc4cc(Br)cc5c4OCOC5)c3C)C2=O)cc1. The number of halogens is 1. The first-order valence-corrected chi connectivity index (χ1v) is 11.8. The molecule has 0 aliphatic carbocycles. The second kappa shape index (κ2) is 9.52. The van der Waals surface area contributed by atoms with Gasteiger partial charge in [0.1, 0.15) is 29.6 Å². The van der Waals surface area contributed by atoms with Crippen molar-refractivity contribution in [2.45, 2.75) is 27.1 Å². The lowest BCUT2D eigenvalue weighted by Gasteiger charge is -2.21. The molecule has 0 aromatic heterocycles. The number of carbonyl (C=O) groups is 1. The van der Waals surface area contributed by atoms with E-state index in [0.29, 0.717) is 36.9 Å². The van der Waals surface area contributed by atoms with Crippen LogP contribution < -0.4 is 18.9 Å². The molecule has 0 radical (unpaired) electrons. The van der Waals surface area contributed by atoms with Crippen molar-refractivity contribution in [3.63, 3.8) is 0 Å². The molecule has 7 heteroatoms. The lowest BCUT2D eigenvalue weighted by Crippen LogP contribution is -2.14. The van der Waals surface area contributed by atoms with Crippen LogP contribution in [-0.2, 0) is 18.0 Å². The van der Waals surface area contributed by atoms with Gasteiger partial charge in [-0.15, -0.1) is 0 Å². The Morgan fingerprint density at radius 2 is 1.88 bits per heavy atom. The molecule has 6 nitrogen and oxygen atoms in total. The van der Waals surface area contributed by atoms with E-state index in [1.54, 1.807) is 12.1 Å². The fourth-order valence-corrected chi connectivity index (χ4v) is 4.57. The third kappa shape index (κ3) is 4.41. The summed E-state index contributed by atoms with van der Waals surface area (Å²) in [4.78, 5) is 12.9. The van der Waals surface area contributed by atoms with Crippen molar-refractivity contribution in [2.24, 2.45) is 0 Å². The van der Waals surface area contributed by atoms with Crippen molar-refractivity contribution in [3.8, 4) is 23.0 Å². The molecule has 174 valence electrons. The van der Waals surface area contributed by atoms with Crippen LogP contribution in [0.1, 0.15) is 39.5 Å². The highest BCUT2D eigenvalue weighted by Gasteiger charge is 2.30. The van der Waals surface area contributed by atoms with Gasteiger partial charge in [-0.1, -0.05) is 28.1 Å². The monoisotopic (exact) mass is 522 g/mol. The van der Waals surface area contributed by atoms with Gasteiger partial charge in [0.15, 0.2) is 12.6 Å². The van der Waals surface area contributed by atoms with Crippen LogP contribution in [0.4, 0.5) is 0 Å². The Morgan fingerprint density at radius 3 is 2.68 bits per heavy atom. The summed E-state index contributed by atoms with van der Waals surface area (Å²) >= 11 is 3.54. The summed E-state index contributed by atoms with van der Waals surface area (Å²) in [5, 5.41) is 0. The summed E-state index contributed by atoms with van der Waals surface area (Å²) in [7, 11) is 0. The maximum atomic E-state index is 12.9. The zero-order valence-corrected chi connectivity index (χ0v) is 20.4. The molecule has 3 aromatic rings. The predicted octanol–water partition coefficient (Wildman–Crippen LogP) is 6.22. The van der Waals surface area contributed by atoms with Crippen molar-refractivity contribution < 1.29 is 28.5 Å². The van der Waals surface area contributed by atoms with E-state index in [1.165, 1.54) is 0 Å². The fraction of sp³-hybridized carbons (Fsp3) is 0.222. The van der Waals surface area contributed by atoms with Crippen LogP contribution in [0.5, 0.6) is 23.0 Å². The molecule has 0 N–H and O–H groups in total. The molecule has 0 fully saturated rings. The van der Waals surface area contributed by atoms with Crippen LogP contribution in [0.2, 0.25) is 0 Å². The Bertz CT molecular complexity index is 1280. The average molecular weight is 523 g/mol. The maximum absolute atomic E-state index is 12.9. The van der Waals surface area contributed by atoms with Gasteiger partial charge in [-0.2, -0.15) is 0 Å². The molecular weight excluding hydrogens is 500 g/mol. The largest absolute Gasteiger partial charge is 0.494 e. The summed E-state index contributed by atoms with van der Waals surface area (Å²) in [5.74, 6) is 2.89. The van der Waals surface area contributed by atoms with E-state index in [9.17, 15) is 4.79 Å². The highest BCUT2D eigenvalue weighted by molar-refractivity contribution is 9.10. The number of rotatable bonds is 6. The van der Waals surface area contributed by atoms with E-state index < -0.39 is 0 Å². The fourth-order valence-electron chi connectivity index (χ4n) is 4.02. The Hall–Kier alpha value is -3.29. The molecule has 0 spiro atoms. The average Bonchev–Trinajstić information content (AvgIpc) is 3.16. The lowest BCUT2D eigenvalue weighted by molar-refractivity contribution is -0.0176. The molecule has 34 heavy (non-hydrogen) atoms. The van der Waals surface area contributed by atoms with Crippen molar-refractivity contribution in [2.75, 3.05) is 13.4 Å². The van der Waals surface area contributed by atoms with Crippen molar-refractivity contribution >= 4 is 27.8 Å². The van der Waals surface area contributed by atoms with Crippen LogP contribution in [0, 0.1) is 6.92 Å². The lowest BCUT2D eigenvalue weighted by atomic mass is 10.1. The van der Waals surface area contributed by atoms with Gasteiger partial charge in [0, 0.05) is 21.2 Å². The smallest absolute Gasteiger partial charge is 0.231 e. The van der Waals surface area contributed by atoms with Gasteiger partial charge in [-0.3, -0.25) is 4.79 Å². The first-order valence-electron chi connectivity index (χ1n) is 11.0. The number of benzene rings is 3. The molecular formula is C27H23BrO6. The zero-order chi connectivity index (χ0) is 23.7. The molecule has 0 saturated heterocycles. The van der Waals surface area contributed by atoms with E-state index in [2.05, 4.69) is 15.9 Å². The van der Waals surface area contributed by atoms with E-state index in [4.69, 9.17) is 23.7 Å². The zero-order valence-electron chi connectivity index (χ0n) is 18.9. The standard InChI is InChI=1S/C27H23BrO6/c1-3-31-21-6-4-17(5-7-21)10-24-25(29)22-8-9-23(16(2)26(22)34-24)32-14-19-12-20(28)11-18-13-30-15-33-27(18)19/h4-12H,3,13-15H2,1-2H3/b24-10-. The molecule has 2 aliphatic heterocycles. The maximum Gasteiger partial charge on any atom is 0.231 e. The normalized spacial score (nSPS) is 15.4. The van der Waals surface area contributed by atoms with E-state index in [-0.39, 0.29) is 18.3 Å². The summed E-state index contributed by atoms with van der Waals surface area (Å²) in [6.07, 6.45) is 1.74. The molecule has 3 aromatic carbocycles. The summed E-state index contributed by atoms with van der Waals surface area (Å²) in [6.45, 7) is 5.46. The second-order valence-electron chi connectivity index (χ2n) is 7.96. The first-order chi connectivity index (χ1) is 16.5. The summed E-state index contributed by atoms with van der Waals surface area (Å²) < 4.78 is 29.6. The van der Waals surface area contributed by atoms with Gasteiger partial charge in [0.25, 0.3) is 0 Å². The van der Waals surface area contributed by atoms with E-state index >= 15 is 0 Å². The Morgan fingerprint density at radius 1 is 1.06 bits per heavy atom. The minimum atomic E-state index is -0.145. The molecule has 0 amide bonds. The molecule has 0 saturated carbocycles. The van der Waals surface area contributed by atoms with E-state index in [0.717, 1.165) is 38.2 Å². The molecule has 2 heterocycles. The molecule has 5 rings (SSSR count). The molecule has 2 aliphatic rings. The number of allylic oxidation sites excluding steroid dienone is 1. The number of carbonyl (C=O) groups excluding carboxylic acids is 1. The van der Waals surface area contributed by atoms with Crippen LogP contribution >= 0.6 is 15.9 Å². The molecule has 0 bridgehead atoms. The van der Waals surface area contributed by atoms with Crippen LogP contribution in [0.25, 0.3) is 6.08 Å². The highest BCUT2D eigenvalue weighted by atomic mass is 79.9. The van der Waals surface area contributed by atoms with Gasteiger partial charge in [-0.25, -0.2) is 0 Å². The van der Waals surface area contributed by atoms with Gasteiger partial charge in [0.2, 0.25) is 5.78 Å². The summed E-state index contributed by atoms with van der Waals surface area (Å²) in [6, 6.07) is 15.0. The number of fused-ring (bicyclic) bond motifs is 2. The Kier molecular flexibility index (Phi) is 6.30. The van der Waals surface area contributed by atoms with Gasteiger partial charge in [0.05, 0.1) is 18.8 Å². The van der Waals surface area contributed by atoms with Crippen molar-refractivity contribution in [1.82, 2.24) is 0 Å². The number of hydrogen-bond acceptors (Lipinski definition) is 6. The minimum Gasteiger partial charge on any atom is -0.494 e. The van der Waals surface area contributed by atoms with Crippen molar-refractivity contribution in [1.29, 1.82) is 0 Å². The first kappa shape index (κ1) is 22.5. The molecule has 0 unspecified atom stereocenters.